The highest BCUT2D eigenvalue weighted by Gasteiger charge is 2.32. The standard InChI is InChI=1S/C32H28Cl2N6O3/c1-18-13-24-28(17-39(18)30(42)22-7-10-25(33)26(34)15-22)38-32(37-16-19-3-4-20-11-12-36-27(20)14-19)40(31(24)43)23-8-5-21(6-9-23)29(41)35-2/h3-12,14-15,18,36H,13,16-17H2,1-2H3,(H,35,41)(H,37,38)/t18-/m1/s1. The zero-order valence-electron chi connectivity index (χ0n) is 23.4. The molecule has 0 saturated carbocycles. The molecule has 1 aliphatic heterocycles. The maximum Gasteiger partial charge on any atom is 0.263 e. The lowest BCUT2D eigenvalue weighted by Crippen LogP contribution is -2.46. The van der Waals surface area contributed by atoms with Crippen molar-refractivity contribution in [1.82, 2.24) is 24.8 Å². The summed E-state index contributed by atoms with van der Waals surface area (Å²) in [5, 5.41) is 7.72. The highest BCUT2D eigenvalue weighted by Crippen LogP contribution is 2.28. The van der Waals surface area contributed by atoms with Crippen molar-refractivity contribution in [1.29, 1.82) is 0 Å². The van der Waals surface area contributed by atoms with Gasteiger partial charge in [-0.2, -0.15) is 0 Å². The Morgan fingerprint density at radius 3 is 2.51 bits per heavy atom. The molecule has 0 unspecified atom stereocenters. The number of nitrogens with one attached hydrogen (secondary N) is 3. The first-order valence-electron chi connectivity index (χ1n) is 13.8. The molecular weight excluding hydrogens is 587 g/mol. The smallest absolute Gasteiger partial charge is 0.263 e. The molecular formula is C32H28Cl2N6O3. The Balaban J connectivity index is 1.39. The summed E-state index contributed by atoms with van der Waals surface area (Å²) in [6.45, 7) is 2.46. The van der Waals surface area contributed by atoms with E-state index >= 15 is 0 Å². The molecule has 0 radical (unpaired) electrons. The zero-order valence-corrected chi connectivity index (χ0v) is 25.0. The van der Waals surface area contributed by atoms with E-state index in [1.54, 1.807) is 54.4 Å². The summed E-state index contributed by atoms with van der Waals surface area (Å²) in [7, 11) is 1.57. The first-order valence-corrected chi connectivity index (χ1v) is 14.5. The molecule has 0 fully saturated rings. The van der Waals surface area contributed by atoms with Crippen LogP contribution in [0.4, 0.5) is 5.95 Å². The minimum Gasteiger partial charge on any atom is -0.361 e. The second-order valence-electron chi connectivity index (χ2n) is 10.5. The van der Waals surface area contributed by atoms with Crippen LogP contribution in [0.5, 0.6) is 0 Å². The number of aromatic amines is 1. The molecule has 0 bridgehead atoms. The number of hydrogen-bond donors (Lipinski definition) is 3. The van der Waals surface area contributed by atoms with Crippen LogP contribution in [0.2, 0.25) is 10.0 Å². The van der Waals surface area contributed by atoms with Gasteiger partial charge in [0.1, 0.15) is 0 Å². The van der Waals surface area contributed by atoms with E-state index in [1.165, 1.54) is 4.57 Å². The second-order valence-corrected chi connectivity index (χ2v) is 11.3. The number of rotatable bonds is 6. The Kier molecular flexibility index (Phi) is 7.68. The van der Waals surface area contributed by atoms with Crippen molar-refractivity contribution in [3.8, 4) is 5.69 Å². The van der Waals surface area contributed by atoms with E-state index in [1.807, 2.05) is 37.4 Å². The molecule has 11 heteroatoms. The average Bonchev–Trinajstić information content (AvgIpc) is 3.49. The van der Waals surface area contributed by atoms with Crippen molar-refractivity contribution in [2.24, 2.45) is 0 Å². The maximum atomic E-state index is 14.1. The van der Waals surface area contributed by atoms with Gasteiger partial charge in [0.25, 0.3) is 17.4 Å². The van der Waals surface area contributed by atoms with Crippen molar-refractivity contribution in [2.45, 2.75) is 32.5 Å². The summed E-state index contributed by atoms with van der Waals surface area (Å²) in [4.78, 5) is 49.6. The normalized spacial score (nSPS) is 14.4. The number of anilines is 1. The van der Waals surface area contributed by atoms with Crippen LogP contribution in [-0.4, -0.2) is 44.3 Å². The van der Waals surface area contributed by atoms with Crippen molar-refractivity contribution >= 4 is 51.9 Å². The third-order valence-corrected chi connectivity index (χ3v) is 8.47. The molecule has 3 N–H and O–H groups in total. The largest absolute Gasteiger partial charge is 0.361 e. The van der Waals surface area contributed by atoms with Crippen LogP contribution < -0.4 is 16.2 Å². The summed E-state index contributed by atoms with van der Waals surface area (Å²) in [5.74, 6) is -0.109. The molecule has 218 valence electrons. The fourth-order valence-electron chi connectivity index (χ4n) is 5.38. The van der Waals surface area contributed by atoms with Gasteiger partial charge in [0.15, 0.2) is 0 Å². The Morgan fingerprint density at radius 2 is 1.77 bits per heavy atom. The molecule has 3 aromatic carbocycles. The van der Waals surface area contributed by atoms with Crippen LogP contribution in [0.25, 0.3) is 16.6 Å². The summed E-state index contributed by atoms with van der Waals surface area (Å²) in [6.07, 6.45) is 2.22. The van der Waals surface area contributed by atoms with E-state index in [9.17, 15) is 14.4 Å². The second kappa shape index (κ2) is 11.6. The molecule has 5 aromatic rings. The van der Waals surface area contributed by atoms with Gasteiger partial charge in [-0.1, -0.05) is 35.3 Å². The van der Waals surface area contributed by atoms with E-state index in [0.29, 0.717) is 57.0 Å². The number of hydrogen-bond acceptors (Lipinski definition) is 5. The quantitative estimate of drug-likeness (QED) is 0.231. The Hall–Kier alpha value is -4.60. The molecule has 2 amide bonds. The van der Waals surface area contributed by atoms with Crippen LogP contribution in [0, 0.1) is 0 Å². The lowest BCUT2D eigenvalue weighted by molar-refractivity contribution is 0.0653. The van der Waals surface area contributed by atoms with Gasteiger partial charge in [-0.3, -0.25) is 14.4 Å². The van der Waals surface area contributed by atoms with Crippen LogP contribution >= 0.6 is 23.2 Å². The number of H-pyrrole nitrogens is 1. The lowest BCUT2D eigenvalue weighted by Gasteiger charge is -2.34. The molecule has 9 nitrogen and oxygen atoms in total. The van der Waals surface area contributed by atoms with Gasteiger partial charge in [0, 0.05) is 48.0 Å². The van der Waals surface area contributed by atoms with Gasteiger partial charge in [0.2, 0.25) is 5.95 Å². The number of halogens is 2. The number of fused-ring (bicyclic) bond motifs is 2. The first-order chi connectivity index (χ1) is 20.7. The van der Waals surface area contributed by atoms with Crippen molar-refractivity contribution in [3.05, 3.63) is 121 Å². The first kappa shape index (κ1) is 28.5. The van der Waals surface area contributed by atoms with Crippen LogP contribution in [0.15, 0.2) is 77.7 Å². The zero-order chi connectivity index (χ0) is 30.2. The van der Waals surface area contributed by atoms with E-state index in [-0.39, 0.29) is 30.0 Å². The van der Waals surface area contributed by atoms with Crippen molar-refractivity contribution in [2.75, 3.05) is 12.4 Å². The fourth-order valence-corrected chi connectivity index (χ4v) is 5.67. The van der Waals surface area contributed by atoms with Crippen molar-refractivity contribution in [3.63, 3.8) is 0 Å². The molecule has 0 spiro atoms. The molecule has 2 aromatic heterocycles. The Bertz CT molecular complexity index is 1930. The van der Waals surface area contributed by atoms with E-state index in [2.05, 4.69) is 15.6 Å². The van der Waals surface area contributed by atoms with Crippen molar-refractivity contribution < 1.29 is 9.59 Å². The number of carbonyl (C=O) groups is 2. The molecule has 3 heterocycles. The number of aromatic nitrogens is 3. The molecule has 1 atom stereocenters. The average molecular weight is 616 g/mol. The minimum atomic E-state index is -0.264. The lowest BCUT2D eigenvalue weighted by atomic mass is 9.98. The van der Waals surface area contributed by atoms with E-state index in [4.69, 9.17) is 28.2 Å². The number of nitrogens with zero attached hydrogens (tertiary/aromatic N) is 3. The van der Waals surface area contributed by atoms with E-state index < -0.39 is 0 Å². The van der Waals surface area contributed by atoms with Gasteiger partial charge in [-0.25, -0.2) is 9.55 Å². The molecule has 6 rings (SSSR count). The monoisotopic (exact) mass is 614 g/mol. The number of carbonyl (C=O) groups excluding carboxylic acids is 2. The maximum absolute atomic E-state index is 14.1. The highest BCUT2D eigenvalue weighted by molar-refractivity contribution is 6.42. The molecule has 0 aliphatic carbocycles. The summed E-state index contributed by atoms with van der Waals surface area (Å²) in [5.41, 5.74) is 4.29. The van der Waals surface area contributed by atoms with Crippen LogP contribution in [-0.2, 0) is 19.5 Å². The highest BCUT2D eigenvalue weighted by atomic mass is 35.5. The van der Waals surface area contributed by atoms with Crippen LogP contribution in [0.1, 0.15) is 44.5 Å². The summed E-state index contributed by atoms with van der Waals surface area (Å²) in [6, 6.07) is 19.4. The fraction of sp³-hybridized carbons (Fsp3) is 0.188. The third kappa shape index (κ3) is 5.49. The molecule has 43 heavy (non-hydrogen) atoms. The van der Waals surface area contributed by atoms with Gasteiger partial charge in [0.05, 0.1) is 28.0 Å². The van der Waals surface area contributed by atoms with Gasteiger partial charge in [-0.15, -0.1) is 0 Å². The summed E-state index contributed by atoms with van der Waals surface area (Å²) < 4.78 is 1.53. The SMILES string of the molecule is CNC(=O)c1ccc(-n2c(NCc3ccc4cc[nH]c4c3)nc3c(c2=O)C[C@@H](C)N(C(=O)c2ccc(Cl)c(Cl)c2)C3)cc1. The third-order valence-electron chi connectivity index (χ3n) is 7.73. The van der Waals surface area contributed by atoms with Crippen LogP contribution in [0.3, 0.4) is 0 Å². The van der Waals surface area contributed by atoms with Gasteiger partial charge >= 0.3 is 0 Å². The topological polar surface area (TPSA) is 112 Å². The van der Waals surface area contributed by atoms with Gasteiger partial charge in [-0.05, 0) is 78.9 Å². The Morgan fingerprint density at radius 1 is 1.00 bits per heavy atom. The molecule has 1 aliphatic rings. The summed E-state index contributed by atoms with van der Waals surface area (Å²) >= 11 is 12.2. The Labute approximate surface area is 257 Å². The predicted octanol–water partition coefficient (Wildman–Crippen LogP) is 5.58. The van der Waals surface area contributed by atoms with E-state index in [0.717, 1.165) is 16.5 Å². The minimum absolute atomic E-state index is 0.157. The molecule has 0 saturated heterocycles. The van der Waals surface area contributed by atoms with Gasteiger partial charge < -0.3 is 20.5 Å². The predicted molar refractivity (Wildman–Crippen MR) is 168 cm³/mol. The number of benzene rings is 3. The number of amides is 2.